The quantitative estimate of drug-likeness (QED) is 0.573. The van der Waals surface area contributed by atoms with Gasteiger partial charge in [0.1, 0.15) is 6.04 Å². The number of nitriles is 1. The molecule has 0 saturated carbocycles. The highest BCUT2D eigenvalue weighted by molar-refractivity contribution is 7.86. The van der Waals surface area contributed by atoms with E-state index in [1.807, 2.05) is 6.07 Å². The summed E-state index contributed by atoms with van der Waals surface area (Å²) in [4.78, 5) is 27.6. The molecule has 1 aromatic rings. The van der Waals surface area contributed by atoms with Gasteiger partial charge < -0.3 is 10.2 Å². The number of rotatable bonds is 6. The predicted octanol–water partition coefficient (Wildman–Crippen LogP) is 2.46. The van der Waals surface area contributed by atoms with Crippen molar-refractivity contribution in [2.75, 3.05) is 32.7 Å². The van der Waals surface area contributed by atoms with Crippen LogP contribution < -0.4 is 5.32 Å². The van der Waals surface area contributed by atoms with Crippen molar-refractivity contribution < 1.29 is 31.2 Å². The number of halogens is 4. The summed E-state index contributed by atoms with van der Waals surface area (Å²) in [6.07, 6.45) is -3.27. The van der Waals surface area contributed by atoms with E-state index < -0.39 is 46.2 Å². The van der Waals surface area contributed by atoms with Crippen molar-refractivity contribution in [2.24, 2.45) is 11.8 Å². The summed E-state index contributed by atoms with van der Waals surface area (Å²) in [7, 11) is -3.82. The third-order valence-electron chi connectivity index (χ3n) is 7.07. The van der Waals surface area contributed by atoms with E-state index >= 15 is 0 Å². The van der Waals surface area contributed by atoms with Crippen molar-refractivity contribution in [3.8, 4) is 6.07 Å². The normalized spacial score (nSPS) is 24.8. The molecule has 1 N–H and O–H groups in total. The van der Waals surface area contributed by atoms with Crippen LogP contribution in [-0.2, 0) is 19.8 Å². The summed E-state index contributed by atoms with van der Waals surface area (Å²) < 4.78 is 69.6. The topological polar surface area (TPSA) is 114 Å². The molecule has 0 spiro atoms. The van der Waals surface area contributed by atoms with Crippen LogP contribution >= 0.6 is 11.6 Å². The number of likely N-dealkylation sites (tertiary alicyclic amines) is 1. The monoisotopic (exact) mass is 561 g/mol. The number of hydrogen-bond acceptors (Lipinski definition) is 5. The molecule has 4 rings (SSSR count). The first-order valence-electron chi connectivity index (χ1n) is 12.0. The van der Waals surface area contributed by atoms with Gasteiger partial charge in [-0.1, -0.05) is 23.7 Å². The van der Waals surface area contributed by atoms with Crippen LogP contribution in [0.3, 0.4) is 0 Å². The first kappa shape index (κ1) is 27.6. The van der Waals surface area contributed by atoms with Crippen LogP contribution in [0.5, 0.6) is 0 Å². The average molecular weight is 562 g/mol. The lowest BCUT2D eigenvalue weighted by Crippen LogP contribution is -2.57. The van der Waals surface area contributed by atoms with Crippen molar-refractivity contribution in [3.63, 3.8) is 0 Å². The van der Waals surface area contributed by atoms with Gasteiger partial charge in [0, 0.05) is 37.7 Å². The molecule has 3 heterocycles. The lowest BCUT2D eigenvalue weighted by Gasteiger charge is -2.41. The summed E-state index contributed by atoms with van der Waals surface area (Å²) in [6.45, 7) is 0.578. The Morgan fingerprint density at radius 1 is 1.05 bits per heavy atom. The Morgan fingerprint density at radius 3 is 2.32 bits per heavy atom. The number of alkyl halides is 3. The van der Waals surface area contributed by atoms with Crippen molar-refractivity contribution >= 4 is 33.6 Å². The Labute approximate surface area is 218 Å². The first-order chi connectivity index (χ1) is 17.4. The van der Waals surface area contributed by atoms with Crippen LogP contribution in [0.25, 0.3) is 0 Å². The number of benzene rings is 1. The molecule has 0 aromatic heterocycles. The Hall–Kier alpha value is -2.40. The Morgan fingerprint density at radius 2 is 1.70 bits per heavy atom. The SMILES string of the molecule is N#CC1CN(S(=O)(=O)N2CCC[C@H](C(=O)N3CCC[C@@H]3C(=O)N[C@@H](c3ccc(Cl)cc3)C(F)(F)F)C2)C1. The molecule has 3 aliphatic heterocycles. The van der Waals surface area contributed by atoms with E-state index in [0.717, 1.165) is 0 Å². The minimum absolute atomic E-state index is 0.0737. The van der Waals surface area contributed by atoms with Gasteiger partial charge in [0.05, 0.1) is 17.9 Å². The predicted molar refractivity (Wildman–Crippen MR) is 127 cm³/mol. The number of nitrogens with one attached hydrogen (secondary N) is 1. The number of hydrogen-bond donors (Lipinski definition) is 1. The first-order valence-corrected chi connectivity index (χ1v) is 13.8. The molecule has 3 fully saturated rings. The molecule has 0 aliphatic carbocycles. The minimum Gasteiger partial charge on any atom is -0.339 e. The zero-order valence-corrected chi connectivity index (χ0v) is 21.4. The maximum atomic E-state index is 13.8. The molecule has 0 radical (unpaired) electrons. The smallest absolute Gasteiger partial charge is 0.339 e. The van der Waals surface area contributed by atoms with Gasteiger partial charge in [0.15, 0.2) is 6.04 Å². The summed E-state index contributed by atoms with van der Waals surface area (Å²) in [5.41, 5.74) is -0.182. The van der Waals surface area contributed by atoms with Crippen molar-refractivity contribution in [3.05, 3.63) is 34.9 Å². The second kappa shape index (κ2) is 10.8. The third-order valence-corrected chi connectivity index (χ3v) is 9.26. The number of carbonyl (C=O) groups is 2. The molecule has 37 heavy (non-hydrogen) atoms. The molecule has 3 aliphatic rings. The highest BCUT2D eigenvalue weighted by Crippen LogP contribution is 2.34. The number of amides is 2. The van der Waals surface area contributed by atoms with E-state index in [4.69, 9.17) is 16.9 Å². The van der Waals surface area contributed by atoms with Gasteiger partial charge in [0.25, 0.3) is 10.2 Å². The van der Waals surface area contributed by atoms with Gasteiger partial charge >= 0.3 is 6.18 Å². The molecule has 202 valence electrons. The van der Waals surface area contributed by atoms with Gasteiger partial charge in [-0.2, -0.15) is 35.5 Å². The van der Waals surface area contributed by atoms with E-state index in [1.165, 1.54) is 37.8 Å². The molecule has 9 nitrogen and oxygen atoms in total. The fourth-order valence-corrected chi connectivity index (χ4v) is 6.93. The fraction of sp³-hybridized carbons (Fsp3) is 0.609. The number of nitrogens with zero attached hydrogens (tertiary/aromatic N) is 4. The third kappa shape index (κ3) is 5.87. The molecule has 14 heteroatoms. The van der Waals surface area contributed by atoms with Crippen molar-refractivity contribution in [2.45, 2.75) is 43.9 Å². The largest absolute Gasteiger partial charge is 0.412 e. The standard InChI is InChI=1S/C23H27ClF3N5O4S/c24-18-7-5-16(6-8-18)20(23(25,26)27)29-21(33)19-4-2-10-32(19)22(34)17-3-1-9-30(14-17)37(35,36)31-12-15(11-28)13-31/h5-8,15,17,19-20H,1-4,9-10,12-14H2,(H,29,33)/t17-,19+,20-/m0/s1. The van der Waals surface area contributed by atoms with Crippen LogP contribution in [0.1, 0.15) is 37.3 Å². The van der Waals surface area contributed by atoms with Crippen LogP contribution in [-0.4, -0.2) is 78.7 Å². The lowest BCUT2D eigenvalue weighted by molar-refractivity contribution is -0.165. The summed E-state index contributed by atoms with van der Waals surface area (Å²) >= 11 is 5.78. The highest BCUT2D eigenvalue weighted by atomic mass is 35.5. The van der Waals surface area contributed by atoms with Crippen LogP contribution in [0.2, 0.25) is 5.02 Å². The van der Waals surface area contributed by atoms with Gasteiger partial charge in [-0.05, 0) is 43.4 Å². The summed E-state index contributed by atoms with van der Waals surface area (Å²) in [5.74, 6) is -2.41. The van der Waals surface area contributed by atoms with Crippen LogP contribution in [0.15, 0.2) is 24.3 Å². The lowest BCUT2D eigenvalue weighted by atomic mass is 9.97. The van der Waals surface area contributed by atoms with E-state index in [2.05, 4.69) is 5.32 Å². The zero-order chi connectivity index (χ0) is 27.0. The second-order valence-electron chi connectivity index (χ2n) is 9.57. The Kier molecular flexibility index (Phi) is 8.04. The zero-order valence-electron chi connectivity index (χ0n) is 19.8. The minimum atomic E-state index is -4.77. The van der Waals surface area contributed by atoms with Gasteiger partial charge in [-0.25, -0.2) is 0 Å². The Bertz CT molecular complexity index is 1170. The Balaban J connectivity index is 1.44. The van der Waals surface area contributed by atoms with E-state index in [1.54, 1.807) is 0 Å². The average Bonchev–Trinajstić information content (AvgIpc) is 3.31. The molecule has 3 atom stereocenters. The molecule has 1 aromatic carbocycles. The molecule has 0 unspecified atom stereocenters. The molecule has 0 bridgehead atoms. The summed E-state index contributed by atoms with van der Waals surface area (Å²) in [6, 6.07) is 3.66. The van der Waals surface area contributed by atoms with E-state index in [0.29, 0.717) is 19.3 Å². The maximum absolute atomic E-state index is 13.8. The molecule has 2 amide bonds. The molecule has 3 saturated heterocycles. The van der Waals surface area contributed by atoms with Crippen LogP contribution in [0, 0.1) is 23.2 Å². The summed E-state index contributed by atoms with van der Waals surface area (Å²) in [5, 5.41) is 11.2. The van der Waals surface area contributed by atoms with Crippen molar-refractivity contribution in [1.82, 2.24) is 18.8 Å². The number of piperidine rings is 1. The second-order valence-corrected chi connectivity index (χ2v) is 11.9. The van der Waals surface area contributed by atoms with Gasteiger partial charge in [-0.15, -0.1) is 0 Å². The fourth-order valence-electron chi connectivity index (χ4n) is 5.01. The molecular formula is C23H27ClF3N5O4S. The van der Waals surface area contributed by atoms with Gasteiger partial charge in [-0.3, -0.25) is 9.59 Å². The van der Waals surface area contributed by atoms with E-state index in [-0.39, 0.29) is 55.6 Å². The van der Waals surface area contributed by atoms with Crippen molar-refractivity contribution in [1.29, 1.82) is 5.26 Å². The van der Waals surface area contributed by atoms with Crippen LogP contribution in [0.4, 0.5) is 13.2 Å². The van der Waals surface area contributed by atoms with Gasteiger partial charge in [0.2, 0.25) is 11.8 Å². The number of carbonyl (C=O) groups excluding carboxylic acids is 2. The van der Waals surface area contributed by atoms with E-state index in [9.17, 15) is 31.2 Å². The maximum Gasteiger partial charge on any atom is 0.412 e. The highest BCUT2D eigenvalue weighted by Gasteiger charge is 2.46. The molecular weight excluding hydrogens is 535 g/mol.